The van der Waals surface area contributed by atoms with E-state index in [1.54, 1.807) is 25.3 Å². The zero-order valence-corrected chi connectivity index (χ0v) is 21.4. The van der Waals surface area contributed by atoms with Gasteiger partial charge in [-0.1, -0.05) is 12.5 Å². The molecule has 3 rings (SSSR count). The summed E-state index contributed by atoms with van der Waals surface area (Å²) in [5.41, 5.74) is 6.48. The highest BCUT2D eigenvalue weighted by Gasteiger charge is 2.23. The maximum atomic E-state index is 11.9. The number of nitrogens with two attached hydrogens (primary N) is 1. The lowest BCUT2D eigenvalue weighted by Crippen LogP contribution is -2.41. The summed E-state index contributed by atoms with van der Waals surface area (Å²) in [6.07, 6.45) is 16.4. The number of hydrogen-bond acceptors (Lipinski definition) is 6. The number of hydrogen-bond donors (Lipinski definition) is 2. The predicted octanol–water partition coefficient (Wildman–Crippen LogP) is 1.89. The van der Waals surface area contributed by atoms with Gasteiger partial charge in [-0.3, -0.25) is 19.9 Å². The van der Waals surface area contributed by atoms with Crippen LogP contribution < -0.4 is 20.5 Å². The number of nitriles is 1. The molecule has 1 aromatic rings. The molecule has 0 aliphatic carbocycles. The number of nitrogens with one attached hydrogen (secondary N) is 1. The highest BCUT2D eigenvalue weighted by Crippen LogP contribution is 2.27. The van der Waals surface area contributed by atoms with E-state index in [-0.39, 0.29) is 17.8 Å². The third-order valence-electron chi connectivity index (χ3n) is 5.77. The molecule has 196 valence electrons. The molecule has 2 amide bonds. The molecule has 0 atom stereocenters. The van der Waals surface area contributed by atoms with E-state index >= 15 is 0 Å². The van der Waals surface area contributed by atoms with Gasteiger partial charge in [0.05, 0.1) is 20.8 Å². The molecule has 0 radical (unpaired) electrons. The number of rotatable bonds is 7. The second-order valence-corrected chi connectivity index (χ2v) is 8.16. The number of carbonyl (C=O) groups excluding carboxylic acids is 2. The van der Waals surface area contributed by atoms with Crippen LogP contribution in [0.3, 0.4) is 0 Å². The number of aliphatic imine (C=N–C) groups is 1. The lowest BCUT2D eigenvalue weighted by atomic mass is 10.1. The molecular weight excluding hydrogens is 460 g/mol. The van der Waals surface area contributed by atoms with Crippen molar-refractivity contribution in [1.29, 1.82) is 5.26 Å². The molecule has 3 N–H and O–H groups in total. The van der Waals surface area contributed by atoms with Crippen LogP contribution in [0.5, 0.6) is 11.5 Å². The van der Waals surface area contributed by atoms with Gasteiger partial charge >= 0.3 is 0 Å². The highest BCUT2D eigenvalue weighted by molar-refractivity contribution is 5.85. The van der Waals surface area contributed by atoms with Crippen LogP contribution in [0.25, 0.3) is 0 Å². The minimum absolute atomic E-state index is 0.123. The van der Waals surface area contributed by atoms with Crippen molar-refractivity contribution in [3.8, 4) is 30.5 Å². The topological polar surface area (TPSA) is 133 Å². The predicted molar refractivity (Wildman–Crippen MR) is 139 cm³/mol. The van der Waals surface area contributed by atoms with Gasteiger partial charge in [0, 0.05) is 32.6 Å². The number of amides is 2. The molecule has 2 aliphatic rings. The van der Waals surface area contributed by atoms with Gasteiger partial charge < -0.3 is 25.0 Å². The molecule has 0 saturated carbocycles. The molecule has 0 spiro atoms. The number of carbonyl (C=O) groups is 2. The first-order chi connectivity index (χ1) is 17.5. The molecule has 10 nitrogen and oxygen atoms in total. The summed E-state index contributed by atoms with van der Waals surface area (Å²) in [5.74, 6) is 1.79. The lowest BCUT2D eigenvalue weighted by molar-refractivity contribution is -0.139. The van der Waals surface area contributed by atoms with Crippen molar-refractivity contribution in [3.05, 3.63) is 23.8 Å². The van der Waals surface area contributed by atoms with Gasteiger partial charge in [-0.05, 0) is 49.8 Å². The van der Waals surface area contributed by atoms with Gasteiger partial charge in [-0.2, -0.15) is 5.26 Å². The molecular formula is C26H38N6O4. The Kier molecular flexibility index (Phi) is 14.6. The first-order valence-electron chi connectivity index (χ1n) is 12.0. The molecule has 2 saturated heterocycles. The molecule has 0 bridgehead atoms. The average Bonchev–Trinajstić information content (AvgIpc) is 3.37. The fraction of sp³-hybridized carbons (Fsp3) is 0.538. The largest absolute Gasteiger partial charge is 0.493 e. The number of terminal acetylenes is 1. The Balaban J connectivity index is 0.000000338. The summed E-state index contributed by atoms with van der Waals surface area (Å²) in [4.78, 5) is 31.3. The van der Waals surface area contributed by atoms with Gasteiger partial charge in [0.25, 0.3) is 0 Å². The number of likely N-dealkylation sites (tertiary alicyclic amines) is 2. The van der Waals surface area contributed by atoms with Gasteiger partial charge in [0.2, 0.25) is 17.8 Å². The number of ether oxygens (including phenoxy) is 2. The Morgan fingerprint density at radius 2 is 1.78 bits per heavy atom. The van der Waals surface area contributed by atoms with E-state index in [1.165, 1.54) is 0 Å². The molecule has 2 heterocycles. The van der Waals surface area contributed by atoms with Crippen molar-refractivity contribution in [2.24, 2.45) is 10.7 Å². The Hall–Kier alpha value is -3.92. The summed E-state index contributed by atoms with van der Waals surface area (Å²) >= 11 is 0. The summed E-state index contributed by atoms with van der Waals surface area (Å²) < 4.78 is 10.3. The summed E-state index contributed by atoms with van der Waals surface area (Å²) in [5, 5.41) is 10.6. The Bertz CT molecular complexity index is 919. The van der Waals surface area contributed by atoms with Crippen molar-refractivity contribution in [2.45, 2.75) is 44.9 Å². The molecule has 2 fully saturated rings. The zero-order valence-electron chi connectivity index (χ0n) is 21.4. The van der Waals surface area contributed by atoms with Crippen molar-refractivity contribution in [2.75, 3.05) is 46.9 Å². The zero-order chi connectivity index (χ0) is 26.8. The van der Waals surface area contributed by atoms with Crippen LogP contribution in [0.4, 0.5) is 0 Å². The standard InChI is InChI=1S/C12H16N4O2.C12H20N2O2.C2H2/c1-17-10-4-3-9(7-11(10)18-2)5-6-15-12(14)16-8-13;15-11-6-2-1-3-9-14(11)10-12(16)13-7-4-5-8-13;1-2/h3-4,7H,5-6H2,1-2H3,(H3,14,15,16);1-10H2;1-2H. The molecule has 10 heteroatoms. The van der Waals surface area contributed by atoms with E-state index in [0.29, 0.717) is 37.4 Å². The van der Waals surface area contributed by atoms with E-state index in [4.69, 9.17) is 20.5 Å². The first-order valence-corrected chi connectivity index (χ1v) is 12.0. The number of nitrogens with zero attached hydrogens (tertiary/aromatic N) is 4. The minimum Gasteiger partial charge on any atom is -0.493 e. The van der Waals surface area contributed by atoms with Crippen molar-refractivity contribution >= 4 is 17.8 Å². The second kappa shape index (κ2) is 17.5. The smallest absolute Gasteiger partial charge is 0.242 e. The molecule has 1 aromatic carbocycles. The number of methoxy groups -OCH3 is 2. The SMILES string of the molecule is C#C.COc1ccc(CCN=C(N)NC#N)cc1OC.O=C(CN1CCCCCC1=O)N1CCCC1. The second-order valence-electron chi connectivity index (χ2n) is 8.16. The van der Waals surface area contributed by atoms with Crippen LogP contribution in [0.1, 0.15) is 44.1 Å². The van der Waals surface area contributed by atoms with E-state index in [0.717, 1.165) is 57.3 Å². The maximum absolute atomic E-state index is 11.9. The van der Waals surface area contributed by atoms with Crippen molar-refractivity contribution in [3.63, 3.8) is 0 Å². The molecule has 2 aliphatic heterocycles. The van der Waals surface area contributed by atoms with Crippen molar-refractivity contribution < 1.29 is 19.1 Å². The van der Waals surface area contributed by atoms with Crippen LogP contribution in [-0.2, 0) is 16.0 Å². The van der Waals surface area contributed by atoms with Gasteiger partial charge in [0.1, 0.15) is 0 Å². The van der Waals surface area contributed by atoms with E-state index in [9.17, 15) is 9.59 Å². The number of benzene rings is 1. The quantitative estimate of drug-likeness (QED) is 0.193. The fourth-order valence-corrected chi connectivity index (χ4v) is 3.87. The summed E-state index contributed by atoms with van der Waals surface area (Å²) in [7, 11) is 3.19. The van der Waals surface area contributed by atoms with Gasteiger partial charge in [-0.15, -0.1) is 12.8 Å². The highest BCUT2D eigenvalue weighted by atomic mass is 16.5. The van der Waals surface area contributed by atoms with E-state index in [1.807, 2.05) is 23.1 Å². The van der Waals surface area contributed by atoms with E-state index in [2.05, 4.69) is 23.2 Å². The van der Waals surface area contributed by atoms with Crippen LogP contribution in [-0.4, -0.2) is 74.5 Å². The lowest BCUT2D eigenvalue weighted by Gasteiger charge is -2.23. The van der Waals surface area contributed by atoms with Crippen LogP contribution >= 0.6 is 0 Å². The Morgan fingerprint density at radius 3 is 2.42 bits per heavy atom. The Labute approximate surface area is 214 Å². The van der Waals surface area contributed by atoms with Crippen LogP contribution in [0, 0.1) is 24.3 Å². The summed E-state index contributed by atoms with van der Waals surface area (Å²) in [6.45, 7) is 3.31. The molecule has 36 heavy (non-hydrogen) atoms. The fourth-order valence-electron chi connectivity index (χ4n) is 3.87. The number of guanidine groups is 1. The normalized spacial score (nSPS) is 15.3. The molecule has 0 unspecified atom stereocenters. The third kappa shape index (κ3) is 10.6. The van der Waals surface area contributed by atoms with Crippen LogP contribution in [0.2, 0.25) is 0 Å². The Morgan fingerprint density at radius 1 is 1.11 bits per heavy atom. The third-order valence-corrected chi connectivity index (χ3v) is 5.77. The maximum Gasteiger partial charge on any atom is 0.242 e. The van der Waals surface area contributed by atoms with Gasteiger partial charge in [0.15, 0.2) is 17.7 Å². The van der Waals surface area contributed by atoms with Gasteiger partial charge in [-0.25, -0.2) is 0 Å². The van der Waals surface area contributed by atoms with Crippen LogP contribution in [0.15, 0.2) is 23.2 Å². The summed E-state index contributed by atoms with van der Waals surface area (Å²) in [6, 6.07) is 5.67. The first kappa shape index (κ1) is 30.1. The van der Waals surface area contributed by atoms with Crippen molar-refractivity contribution in [1.82, 2.24) is 15.1 Å². The molecule has 0 aromatic heterocycles. The average molecular weight is 499 g/mol. The minimum atomic E-state index is 0.123. The monoisotopic (exact) mass is 498 g/mol. The van der Waals surface area contributed by atoms with E-state index < -0.39 is 0 Å².